The SMILES string of the molecule is O=C(c1cc(C2CC2)no1)N1CCCN(Cc2ccn[nH]2)CC1. The Morgan fingerprint density at radius 1 is 1.30 bits per heavy atom. The zero-order valence-corrected chi connectivity index (χ0v) is 13.1. The Balaban J connectivity index is 1.36. The molecule has 1 amide bonds. The van der Waals surface area contributed by atoms with E-state index in [4.69, 9.17) is 4.52 Å². The molecule has 7 nitrogen and oxygen atoms in total. The molecule has 2 aromatic rings. The number of rotatable bonds is 4. The molecule has 1 saturated heterocycles. The van der Waals surface area contributed by atoms with Crippen LogP contribution in [0.15, 0.2) is 22.9 Å². The fourth-order valence-electron chi connectivity index (χ4n) is 3.06. The molecule has 0 radical (unpaired) electrons. The number of nitrogens with zero attached hydrogens (tertiary/aromatic N) is 4. The van der Waals surface area contributed by atoms with E-state index < -0.39 is 0 Å². The number of aromatic amines is 1. The standard InChI is InChI=1S/C16H21N5O2/c22-16(15-10-14(19-23-15)12-2-3-12)21-7-1-6-20(8-9-21)11-13-4-5-17-18-13/h4-5,10,12H,1-3,6-9,11H2,(H,17,18). The van der Waals surface area contributed by atoms with Gasteiger partial charge in [0.05, 0.1) is 5.69 Å². The Morgan fingerprint density at radius 2 is 2.22 bits per heavy atom. The summed E-state index contributed by atoms with van der Waals surface area (Å²) < 4.78 is 5.27. The van der Waals surface area contributed by atoms with Crippen LogP contribution >= 0.6 is 0 Å². The highest BCUT2D eigenvalue weighted by Gasteiger charge is 2.30. The second-order valence-electron chi connectivity index (χ2n) is 6.39. The van der Waals surface area contributed by atoms with Gasteiger partial charge in [-0.25, -0.2) is 0 Å². The van der Waals surface area contributed by atoms with Gasteiger partial charge >= 0.3 is 0 Å². The first kappa shape index (κ1) is 14.4. The third-order valence-corrected chi connectivity index (χ3v) is 4.56. The van der Waals surface area contributed by atoms with Crippen molar-refractivity contribution in [2.24, 2.45) is 0 Å². The minimum atomic E-state index is -0.0345. The summed E-state index contributed by atoms with van der Waals surface area (Å²) in [5.74, 6) is 0.857. The van der Waals surface area contributed by atoms with E-state index in [2.05, 4.69) is 20.3 Å². The van der Waals surface area contributed by atoms with E-state index in [1.807, 2.05) is 17.0 Å². The number of nitrogens with one attached hydrogen (secondary N) is 1. The average Bonchev–Trinajstić information content (AvgIpc) is 3.15. The van der Waals surface area contributed by atoms with Crippen LogP contribution in [0.1, 0.15) is 47.1 Å². The van der Waals surface area contributed by atoms with Crippen molar-refractivity contribution in [2.75, 3.05) is 26.2 Å². The molecule has 0 atom stereocenters. The van der Waals surface area contributed by atoms with Crippen molar-refractivity contribution < 1.29 is 9.32 Å². The van der Waals surface area contributed by atoms with Gasteiger partial charge in [-0.05, 0) is 25.3 Å². The Hall–Kier alpha value is -2.15. The van der Waals surface area contributed by atoms with Gasteiger partial charge in [-0.2, -0.15) is 5.10 Å². The predicted molar refractivity (Wildman–Crippen MR) is 82.9 cm³/mol. The number of aromatic nitrogens is 3. The molecule has 0 aromatic carbocycles. The van der Waals surface area contributed by atoms with Crippen LogP contribution in [0.25, 0.3) is 0 Å². The first-order valence-electron chi connectivity index (χ1n) is 8.26. The highest BCUT2D eigenvalue weighted by molar-refractivity contribution is 5.91. The van der Waals surface area contributed by atoms with E-state index in [0.717, 1.165) is 56.8 Å². The number of hydrogen-bond donors (Lipinski definition) is 1. The molecule has 1 aliphatic carbocycles. The first-order valence-corrected chi connectivity index (χ1v) is 8.26. The molecule has 2 fully saturated rings. The predicted octanol–water partition coefficient (Wildman–Crippen LogP) is 1.62. The van der Waals surface area contributed by atoms with Gasteiger partial charge in [0.15, 0.2) is 0 Å². The summed E-state index contributed by atoms with van der Waals surface area (Å²) >= 11 is 0. The summed E-state index contributed by atoms with van der Waals surface area (Å²) in [5, 5.41) is 11.0. The average molecular weight is 315 g/mol. The molecule has 0 bridgehead atoms. The van der Waals surface area contributed by atoms with Crippen LogP contribution in [0.4, 0.5) is 0 Å². The lowest BCUT2D eigenvalue weighted by Crippen LogP contribution is -2.35. The van der Waals surface area contributed by atoms with Gasteiger partial charge in [-0.3, -0.25) is 14.8 Å². The summed E-state index contributed by atoms with van der Waals surface area (Å²) in [6.07, 6.45) is 5.05. The molecule has 0 unspecified atom stereocenters. The van der Waals surface area contributed by atoms with Crippen LogP contribution in [0.5, 0.6) is 0 Å². The van der Waals surface area contributed by atoms with Crippen molar-refractivity contribution in [1.82, 2.24) is 25.2 Å². The maximum atomic E-state index is 12.6. The third kappa shape index (κ3) is 3.29. The molecule has 122 valence electrons. The van der Waals surface area contributed by atoms with Crippen LogP contribution in [-0.2, 0) is 6.54 Å². The summed E-state index contributed by atoms with van der Waals surface area (Å²) in [4.78, 5) is 16.8. The fraction of sp³-hybridized carbons (Fsp3) is 0.562. The molecule has 23 heavy (non-hydrogen) atoms. The molecule has 4 rings (SSSR count). The van der Waals surface area contributed by atoms with Crippen LogP contribution < -0.4 is 0 Å². The van der Waals surface area contributed by atoms with E-state index in [0.29, 0.717) is 18.2 Å². The third-order valence-electron chi connectivity index (χ3n) is 4.56. The van der Waals surface area contributed by atoms with Crippen molar-refractivity contribution in [3.8, 4) is 0 Å². The maximum absolute atomic E-state index is 12.6. The molecule has 0 spiro atoms. The van der Waals surface area contributed by atoms with Crippen molar-refractivity contribution in [1.29, 1.82) is 0 Å². The van der Waals surface area contributed by atoms with E-state index in [1.165, 1.54) is 0 Å². The van der Waals surface area contributed by atoms with Gasteiger partial charge < -0.3 is 9.42 Å². The number of carbonyl (C=O) groups is 1. The van der Waals surface area contributed by atoms with Crippen molar-refractivity contribution in [3.63, 3.8) is 0 Å². The fourth-order valence-corrected chi connectivity index (χ4v) is 3.06. The molecule has 2 aromatic heterocycles. The Bertz CT molecular complexity index is 662. The molecule has 7 heteroatoms. The largest absolute Gasteiger partial charge is 0.351 e. The maximum Gasteiger partial charge on any atom is 0.292 e. The van der Waals surface area contributed by atoms with Gasteiger partial charge in [-0.15, -0.1) is 0 Å². The van der Waals surface area contributed by atoms with E-state index in [-0.39, 0.29) is 5.91 Å². The quantitative estimate of drug-likeness (QED) is 0.927. The van der Waals surface area contributed by atoms with Crippen molar-refractivity contribution in [3.05, 3.63) is 35.5 Å². The second-order valence-corrected chi connectivity index (χ2v) is 6.39. The molecule has 1 saturated carbocycles. The normalized spacial score (nSPS) is 19.7. The Morgan fingerprint density at radius 3 is 3.00 bits per heavy atom. The number of hydrogen-bond acceptors (Lipinski definition) is 5. The van der Waals surface area contributed by atoms with E-state index in [1.54, 1.807) is 6.20 Å². The van der Waals surface area contributed by atoms with E-state index in [9.17, 15) is 4.79 Å². The lowest BCUT2D eigenvalue weighted by molar-refractivity contribution is 0.0719. The summed E-state index contributed by atoms with van der Waals surface area (Å²) in [6.45, 7) is 4.15. The van der Waals surface area contributed by atoms with Crippen LogP contribution in [0.2, 0.25) is 0 Å². The molecule has 3 heterocycles. The number of carbonyl (C=O) groups excluding carboxylic acids is 1. The Labute approximate surface area is 134 Å². The minimum absolute atomic E-state index is 0.0345. The summed E-state index contributed by atoms with van der Waals surface area (Å²) in [7, 11) is 0. The van der Waals surface area contributed by atoms with Crippen LogP contribution in [-0.4, -0.2) is 57.2 Å². The van der Waals surface area contributed by atoms with Crippen LogP contribution in [0.3, 0.4) is 0 Å². The second kappa shape index (κ2) is 6.16. The van der Waals surface area contributed by atoms with Gasteiger partial charge in [-0.1, -0.05) is 5.16 Å². The lowest BCUT2D eigenvalue weighted by atomic mass is 10.2. The summed E-state index contributed by atoms with van der Waals surface area (Å²) in [5.41, 5.74) is 2.04. The summed E-state index contributed by atoms with van der Waals surface area (Å²) in [6, 6.07) is 3.81. The zero-order chi connectivity index (χ0) is 15.6. The van der Waals surface area contributed by atoms with Gasteiger partial charge in [0.25, 0.3) is 5.91 Å². The van der Waals surface area contributed by atoms with Crippen molar-refractivity contribution in [2.45, 2.75) is 31.7 Å². The van der Waals surface area contributed by atoms with E-state index >= 15 is 0 Å². The number of amides is 1. The van der Waals surface area contributed by atoms with Gasteiger partial charge in [0, 0.05) is 56.6 Å². The number of H-pyrrole nitrogens is 1. The minimum Gasteiger partial charge on any atom is -0.351 e. The van der Waals surface area contributed by atoms with Crippen molar-refractivity contribution >= 4 is 5.91 Å². The molecule has 2 aliphatic rings. The highest BCUT2D eigenvalue weighted by Crippen LogP contribution is 2.39. The first-order chi connectivity index (χ1) is 11.3. The monoisotopic (exact) mass is 315 g/mol. The molecule has 1 aliphatic heterocycles. The molecular formula is C16H21N5O2. The molecular weight excluding hydrogens is 294 g/mol. The lowest BCUT2D eigenvalue weighted by Gasteiger charge is -2.20. The zero-order valence-electron chi connectivity index (χ0n) is 13.1. The topological polar surface area (TPSA) is 78.3 Å². The van der Waals surface area contributed by atoms with Gasteiger partial charge in [0.2, 0.25) is 5.76 Å². The van der Waals surface area contributed by atoms with Crippen LogP contribution in [0, 0.1) is 0 Å². The Kier molecular flexibility index (Phi) is 3.87. The van der Waals surface area contributed by atoms with Gasteiger partial charge in [0.1, 0.15) is 0 Å². The smallest absolute Gasteiger partial charge is 0.292 e. The molecule has 1 N–H and O–H groups in total. The highest BCUT2D eigenvalue weighted by atomic mass is 16.5.